The molecule has 0 fully saturated rings. The maximum Gasteiger partial charge on any atom is 0.261 e. The zero-order valence-corrected chi connectivity index (χ0v) is 13.4. The Balaban J connectivity index is 2.39. The first-order valence-corrected chi connectivity index (χ1v) is 8.11. The molecule has 0 heterocycles. The minimum atomic E-state index is -3.78. The fraction of sp³-hybridized carbons (Fsp3) is 0.0714. The van der Waals surface area contributed by atoms with Gasteiger partial charge in [-0.3, -0.25) is 4.72 Å². The molecule has 0 amide bonds. The summed E-state index contributed by atoms with van der Waals surface area (Å²) in [5.41, 5.74) is 0.501. The van der Waals surface area contributed by atoms with Crippen molar-refractivity contribution < 1.29 is 13.2 Å². The van der Waals surface area contributed by atoms with Crippen LogP contribution in [0.3, 0.4) is 0 Å². The normalized spacial score (nSPS) is 10.7. The highest BCUT2D eigenvalue weighted by Gasteiger charge is 2.17. The predicted molar refractivity (Wildman–Crippen MR) is 82.7 cm³/mol. The van der Waals surface area contributed by atoms with Crippen LogP contribution in [0, 0.1) is 11.3 Å². The van der Waals surface area contributed by atoms with Gasteiger partial charge in [0, 0.05) is 0 Å². The van der Waals surface area contributed by atoms with Crippen LogP contribution in [0.1, 0.15) is 5.56 Å². The monoisotopic (exact) mass is 366 g/mol. The Morgan fingerprint density at radius 3 is 2.57 bits per heavy atom. The summed E-state index contributed by atoms with van der Waals surface area (Å²) in [6, 6.07) is 12.8. The number of halogens is 1. The molecule has 0 aliphatic heterocycles. The fourth-order valence-electron chi connectivity index (χ4n) is 1.69. The summed E-state index contributed by atoms with van der Waals surface area (Å²) in [5.74, 6) is 0.534. The molecule has 0 aliphatic carbocycles. The van der Waals surface area contributed by atoms with Crippen LogP contribution in [0.15, 0.2) is 51.8 Å². The molecule has 1 N–H and O–H groups in total. The molecule has 2 aromatic carbocycles. The van der Waals surface area contributed by atoms with E-state index < -0.39 is 10.0 Å². The summed E-state index contributed by atoms with van der Waals surface area (Å²) in [6.07, 6.45) is 0. The van der Waals surface area contributed by atoms with Gasteiger partial charge in [0.2, 0.25) is 0 Å². The number of rotatable bonds is 4. The Kier molecular flexibility index (Phi) is 4.50. The smallest absolute Gasteiger partial charge is 0.261 e. The third-order valence-electron chi connectivity index (χ3n) is 2.73. The molecular formula is C14H11BrN2O3S. The van der Waals surface area contributed by atoms with Gasteiger partial charge in [0.1, 0.15) is 11.8 Å². The fourth-order valence-corrected chi connectivity index (χ4v) is 3.49. The van der Waals surface area contributed by atoms with Gasteiger partial charge in [0.25, 0.3) is 10.0 Å². The lowest BCUT2D eigenvalue weighted by molar-refractivity contribution is 0.411. The second-order valence-corrected chi connectivity index (χ2v) is 6.60. The number of nitrogens with zero attached hydrogens (tertiary/aromatic N) is 1. The van der Waals surface area contributed by atoms with Crippen molar-refractivity contribution in [1.82, 2.24) is 0 Å². The molecule has 2 rings (SSSR count). The molecule has 0 bridgehead atoms. The Morgan fingerprint density at radius 2 is 1.95 bits per heavy atom. The van der Waals surface area contributed by atoms with Crippen LogP contribution in [-0.2, 0) is 10.0 Å². The van der Waals surface area contributed by atoms with Gasteiger partial charge in [0.15, 0.2) is 0 Å². The lowest BCUT2D eigenvalue weighted by Crippen LogP contribution is -2.13. The van der Waals surface area contributed by atoms with Crippen molar-refractivity contribution in [3.63, 3.8) is 0 Å². The van der Waals surface area contributed by atoms with E-state index in [1.165, 1.54) is 25.3 Å². The molecule has 0 atom stereocenters. The van der Waals surface area contributed by atoms with Crippen LogP contribution < -0.4 is 9.46 Å². The predicted octanol–water partition coefficient (Wildman–Crippen LogP) is 3.13. The van der Waals surface area contributed by atoms with Gasteiger partial charge in [-0.15, -0.1) is 0 Å². The highest BCUT2D eigenvalue weighted by molar-refractivity contribution is 9.10. The van der Waals surface area contributed by atoms with Gasteiger partial charge in [-0.05, 0) is 46.3 Å². The molecule has 0 aromatic heterocycles. The number of nitriles is 1. The largest absolute Gasteiger partial charge is 0.496 e. The molecule has 108 valence electrons. The van der Waals surface area contributed by atoms with Crippen molar-refractivity contribution in [2.45, 2.75) is 4.90 Å². The summed E-state index contributed by atoms with van der Waals surface area (Å²) in [7, 11) is -2.28. The van der Waals surface area contributed by atoms with E-state index in [4.69, 9.17) is 10.00 Å². The van der Waals surface area contributed by atoms with Crippen molar-refractivity contribution in [1.29, 1.82) is 5.26 Å². The molecule has 21 heavy (non-hydrogen) atoms. The number of hydrogen-bond acceptors (Lipinski definition) is 4. The molecule has 2 aromatic rings. The highest BCUT2D eigenvalue weighted by atomic mass is 79.9. The van der Waals surface area contributed by atoms with Crippen LogP contribution in [0.25, 0.3) is 0 Å². The Labute approximate surface area is 131 Å². The zero-order chi connectivity index (χ0) is 15.5. The zero-order valence-electron chi connectivity index (χ0n) is 11.0. The number of para-hydroxylation sites is 1. The van der Waals surface area contributed by atoms with Crippen LogP contribution >= 0.6 is 15.9 Å². The van der Waals surface area contributed by atoms with Gasteiger partial charge < -0.3 is 4.74 Å². The van der Waals surface area contributed by atoms with Crippen LogP contribution in [0.5, 0.6) is 5.75 Å². The van der Waals surface area contributed by atoms with Gasteiger partial charge in [-0.25, -0.2) is 8.42 Å². The number of anilines is 1. The number of benzene rings is 2. The first kappa shape index (κ1) is 15.4. The van der Waals surface area contributed by atoms with E-state index in [-0.39, 0.29) is 16.1 Å². The summed E-state index contributed by atoms with van der Waals surface area (Å²) in [4.78, 5) is 0.0721. The quantitative estimate of drug-likeness (QED) is 0.901. The summed E-state index contributed by atoms with van der Waals surface area (Å²) < 4.78 is 32.7. The Bertz CT molecular complexity index is 813. The standard InChI is InChI=1S/C14H11BrN2O3S/c1-20-14-7-6-11(8-12(14)15)21(18,19)17-13-5-3-2-4-10(13)9-16/h2-8,17H,1H3. The van der Waals surface area contributed by atoms with Gasteiger partial charge >= 0.3 is 0 Å². The SMILES string of the molecule is COc1ccc(S(=O)(=O)Nc2ccccc2C#N)cc1Br. The van der Waals surface area contributed by atoms with E-state index in [2.05, 4.69) is 20.7 Å². The van der Waals surface area contributed by atoms with Crippen molar-refractivity contribution in [2.75, 3.05) is 11.8 Å². The maximum absolute atomic E-state index is 12.3. The van der Waals surface area contributed by atoms with E-state index in [1.807, 2.05) is 6.07 Å². The second-order valence-electron chi connectivity index (χ2n) is 4.06. The third kappa shape index (κ3) is 3.35. The molecular weight excluding hydrogens is 356 g/mol. The van der Waals surface area contributed by atoms with E-state index in [1.54, 1.807) is 24.3 Å². The number of hydrogen-bond donors (Lipinski definition) is 1. The van der Waals surface area contributed by atoms with E-state index in [9.17, 15) is 8.42 Å². The minimum absolute atomic E-state index is 0.0721. The molecule has 5 nitrogen and oxygen atoms in total. The molecule has 0 saturated carbocycles. The van der Waals surface area contributed by atoms with Gasteiger partial charge in [-0.1, -0.05) is 12.1 Å². The minimum Gasteiger partial charge on any atom is -0.496 e. The molecule has 0 radical (unpaired) electrons. The summed E-state index contributed by atoms with van der Waals surface area (Å²) >= 11 is 3.24. The topological polar surface area (TPSA) is 79.2 Å². The van der Waals surface area contributed by atoms with Crippen molar-refractivity contribution in [3.05, 3.63) is 52.5 Å². The lowest BCUT2D eigenvalue weighted by Gasteiger charge is -2.10. The van der Waals surface area contributed by atoms with Gasteiger partial charge in [0.05, 0.1) is 27.7 Å². The Hall–Kier alpha value is -2.04. The average molecular weight is 367 g/mol. The first-order valence-electron chi connectivity index (χ1n) is 5.83. The van der Waals surface area contributed by atoms with Crippen LogP contribution in [-0.4, -0.2) is 15.5 Å². The number of sulfonamides is 1. The van der Waals surface area contributed by atoms with Crippen LogP contribution in [0.4, 0.5) is 5.69 Å². The average Bonchev–Trinajstić information content (AvgIpc) is 2.47. The Morgan fingerprint density at radius 1 is 1.24 bits per heavy atom. The third-order valence-corrected chi connectivity index (χ3v) is 4.71. The number of methoxy groups -OCH3 is 1. The molecule has 0 unspecified atom stereocenters. The summed E-state index contributed by atoms with van der Waals surface area (Å²) in [5, 5.41) is 8.99. The van der Waals surface area contributed by atoms with E-state index >= 15 is 0 Å². The molecule has 0 saturated heterocycles. The highest BCUT2D eigenvalue weighted by Crippen LogP contribution is 2.28. The molecule has 7 heteroatoms. The molecule has 0 spiro atoms. The van der Waals surface area contributed by atoms with Crippen molar-refractivity contribution in [3.8, 4) is 11.8 Å². The lowest BCUT2D eigenvalue weighted by atomic mass is 10.2. The number of nitrogens with one attached hydrogen (secondary N) is 1. The van der Waals surface area contributed by atoms with Crippen molar-refractivity contribution in [2.24, 2.45) is 0 Å². The first-order chi connectivity index (χ1) is 9.97. The van der Waals surface area contributed by atoms with Gasteiger partial charge in [-0.2, -0.15) is 5.26 Å². The second kappa shape index (κ2) is 6.16. The molecule has 0 aliphatic rings. The van der Waals surface area contributed by atoms with Crippen molar-refractivity contribution >= 4 is 31.6 Å². The number of ether oxygens (including phenoxy) is 1. The van der Waals surface area contributed by atoms with E-state index in [0.29, 0.717) is 10.2 Å². The maximum atomic E-state index is 12.3. The van der Waals surface area contributed by atoms with Crippen LogP contribution in [0.2, 0.25) is 0 Å². The summed E-state index contributed by atoms with van der Waals surface area (Å²) in [6.45, 7) is 0. The van der Waals surface area contributed by atoms with E-state index in [0.717, 1.165) is 0 Å².